The summed E-state index contributed by atoms with van der Waals surface area (Å²) in [6, 6.07) is 6.76. The molecule has 1 saturated heterocycles. The van der Waals surface area contributed by atoms with Crippen molar-refractivity contribution in [2.24, 2.45) is 5.92 Å². The number of hydrogen-bond acceptors (Lipinski definition) is 6. The fourth-order valence-electron chi connectivity index (χ4n) is 4.11. The molecule has 9 heteroatoms. The van der Waals surface area contributed by atoms with Gasteiger partial charge in [0.15, 0.2) is 0 Å². The van der Waals surface area contributed by atoms with Crippen LogP contribution in [0.1, 0.15) is 37.4 Å². The maximum atomic E-state index is 13.5. The Morgan fingerprint density at radius 3 is 2.77 bits per heavy atom. The first-order chi connectivity index (χ1) is 14.2. The predicted octanol–water partition coefficient (Wildman–Crippen LogP) is 3.05. The molecular weight excluding hydrogens is 422 g/mol. The molecule has 0 saturated carbocycles. The summed E-state index contributed by atoms with van der Waals surface area (Å²) in [5.74, 6) is 0.717. The minimum Gasteiger partial charge on any atom is -0.483 e. The first-order valence-electron chi connectivity index (χ1n) is 10.2. The minimum atomic E-state index is -3.76. The van der Waals surface area contributed by atoms with Crippen LogP contribution < -0.4 is 4.74 Å². The van der Waals surface area contributed by atoms with E-state index in [0.717, 1.165) is 10.7 Å². The van der Waals surface area contributed by atoms with Crippen LogP contribution in [0, 0.1) is 12.8 Å². The van der Waals surface area contributed by atoms with Crippen molar-refractivity contribution < 1.29 is 17.9 Å². The number of amides is 1. The molecule has 0 N–H and O–H groups in total. The van der Waals surface area contributed by atoms with Gasteiger partial charge >= 0.3 is 0 Å². The summed E-state index contributed by atoms with van der Waals surface area (Å²) in [5.41, 5.74) is -0.0430. The van der Waals surface area contributed by atoms with Crippen LogP contribution in [0.3, 0.4) is 0 Å². The fourth-order valence-corrected chi connectivity index (χ4v) is 6.31. The molecule has 1 atom stereocenters. The number of rotatable bonds is 4. The van der Waals surface area contributed by atoms with Gasteiger partial charge in [-0.2, -0.15) is 4.31 Å². The van der Waals surface area contributed by atoms with Crippen LogP contribution >= 0.6 is 11.3 Å². The number of thiazole rings is 1. The second-order valence-electron chi connectivity index (χ2n) is 8.53. The summed E-state index contributed by atoms with van der Waals surface area (Å²) in [4.78, 5) is 19.1. The summed E-state index contributed by atoms with van der Waals surface area (Å²) in [6.07, 6.45) is 1.07. The number of sulfonamides is 1. The van der Waals surface area contributed by atoms with Gasteiger partial charge in [0.2, 0.25) is 15.9 Å². The molecule has 1 aromatic carbocycles. The molecule has 0 aliphatic carbocycles. The number of nitrogens with zero attached hydrogens (tertiary/aromatic N) is 3. The second kappa shape index (κ2) is 7.94. The van der Waals surface area contributed by atoms with Crippen LogP contribution in [0.5, 0.6) is 5.75 Å². The molecule has 1 aromatic heterocycles. The van der Waals surface area contributed by atoms with Gasteiger partial charge in [-0.1, -0.05) is 26.0 Å². The molecule has 1 fully saturated rings. The van der Waals surface area contributed by atoms with E-state index in [9.17, 15) is 13.2 Å². The molecule has 162 valence electrons. The zero-order chi connectivity index (χ0) is 21.5. The Morgan fingerprint density at radius 1 is 1.30 bits per heavy atom. The van der Waals surface area contributed by atoms with Gasteiger partial charge < -0.3 is 9.64 Å². The highest BCUT2D eigenvalue weighted by Crippen LogP contribution is 2.39. The van der Waals surface area contributed by atoms with Crippen molar-refractivity contribution in [1.82, 2.24) is 14.2 Å². The molecule has 1 spiro atoms. The lowest BCUT2D eigenvalue weighted by Crippen LogP contribution is -2.49. The SMILES string of the molecule is Cc1nc(CN2CC3(CCN(C(=O)CC(C)C)C3)Oc3ccccc3S2(=O)=O)cs1. The number of carbonyl (C=O) groups excluding carboxylic acids is 1. The molecule has 2 aromatic rings. The highest BCUT2D eigenvalue weighted by atomic mass is 32.2. The molecule has 2 aliphatic heterocycles. The lowest BCUT2D eigenvalue weighted by atomic mass is 10.0. The lowest BCUT2D eigenvalue weighted by Gasteiger charge is -2.31. The van der Waals surface area contributed by atoms with Gasteiger partial charge in [0.1, 0.15) is 16.2 Å². The van der Waals surface area contributed by atoms with Crippen molar-refractivity contribution in [3.63, 3.8) is 0 Å². The van der Waals surface area contributed by atoms with Gasteiger partial charge in [0, 0.05) is 24.8 Å². The molecule has 1 amide bonds. The van der Waals surface area contributed by atoms with Crippen LogP contribution in [0.4, 0.5) is 0 Å². The predicted molar refractivity (Wildman–Crippen MR) is 115 cm³/mol. The third-order valence-electron chi connectivity index (χ3n) is 5.51. The van der Waals surface area contributed by atoms with E-state index < -0.39 is 15.6 Å². The van der Waals surface area contributed by atoms with Crippen LogP contribution in [0.15, 0.2) is 34.5 Å². The largest absolute Gasteiger partial charge is 0.483 e. The highest BCUT2D eigenvalue weighted by Gasteiger charge is 2.48. The summed E-state index contributed by atoms with van der Waals surface area (Å²) in [6.45, 7) is 7.27. The zero-order valence-corrected chi connectivity index (χ0v) is 19.1. The summed E-state index contributed by atoms with van der Waals surface area (Å²) in [7, 11) is -3.76. The Kier molecular flexibility index (Phi) is 5.63. The van der Waals surface area contributed by atoms with E-state index in [1.54, 1.807) is 24.3 Å². The van der Waals surface area contributed by atoms with Crippen molar-refractivity contribution in [3.05, 3.63) is 40.3 Å². The lowest BCUT2D eigenvalue weighted by molar-refractivity contribution is -0.131. The van der Waals surface area contributed by atoms with Crippen molar-refractivity contribution in [3.8, 4) is 5.75 Å². The summed E-state index contributed by atoms with van der Waals surface area (Å²) < 4.78 is 34.8. The van der Waals surface area contributed by atoms with E-state index in [4.69, 9.17) is 4.74 Å². The zero-order valence-electron chi connectivity index (χ0n) is 17.5. The van der Waals surface area contributed by atoms with E-state index in [-0.39, 0.29) is 29.8 Å². The second-order valence-corrected chi connectivity index (χ2v) is 11.5. The van der Waals surface area contributed by atoms with E-state index >= 15 is 0 Å². The molecule has 3 heterocycles. The van der Waals surface area contributed by atoms with E-state index in [1.165, 1.54) is 15.6 Å². The van der Waals surface area contributed by atoms with E-state index in [0.29, 0.717) is 31.7 Å². The van der Waals surface area contributed by atoms with Gasteiger partial charge in [0.05, 0.1) is 30.3 Å². The van der Waals surface area contributed by atoms with Gasteiger partial charge in [-0.05, 0) is 25.0 Å². The van der Waals surface area contributed by atoms with E-state index in [1.807, 2.05) is 31.1 Å². The number of benzene rings is 1. The number of likely N-dealkylation sites (tertiary alicyclic amines) is 1. The monoisotopic (exact) mass is 449 g/mol. The minimum absolute atomic E-state index is 0.0903. The van der Waals surface area contributed by atoms with Gasteiger partial charge in [-0.3, -0.25) is 4.79 Å². The topological polar surface area (TPSA) is 79.8 Å². The normalized spacial score (nSPS) is 23.4. The van der Waals surface area contributed by atoms with E-state index in [2.05, 4.69) is 4.98 Å². The average Bonchev–Trinajstić information content (AvgIpc) is 3.25. The fraction of sp³-hybridized carbons (Fsp3) is 0.524. The first-order valence-corrected chi connectivity index (χ1v) is 12.5. The Balaban J connectivity index is 1.69. The van der Waals surface area contributed by atoms with Crippen LogP contribution in [-0.2, 0) is 21.4 Å². The Bertz CT molecular complexity index is 1050. The highest BCUT2D eigenvalue weighted by molar-refractivity contribution is 7.89. The number of carbonyl (C=O) groups is 1. The van der Waals surface area contributed by atoms with Gasteiger partial charge in [-0.25, -0.2) is 13.4 Å². The maximum absolute atomic E-state index is 13.5. The van der Waals surface area contributed by atoms with Gasteiger partial charge in [0.25, 0.3) is 0 Å². The van der Waals surface area contributed by atoms with Crippen molar-refractivity contribution in [2.45, 2.75) is 50.7 Å². The number of ether oxygens (including phenoxy) is 1. The first kappa shape index (κ1) is 21.3. The summed E-state index contributed by atoms with van der Waals surface area (Å²) in [5, 5.41) is 2.79. The molecule has 1 unspecified atom stereocenters. The third-order valence-corrected chi connectivity index (χ3v) is 8.17. The quantitative estimate of drug-likeness (QED) is 0.717. The van der Waals surface area contributed by atoms with Crippen LogP contribution in [0.2, 0.25) is 0 Å². The molecule has 0 radical (unpaired) electrons. The van der Waals surface area contributed by atoms with Crippen molar-refractivity contribution in [2.75, 3.05) is 19.6 Å². The molecular formula is C21H27N3O4S2. The smallest absolute Gasteiger partial charge is 0.247 e. The Morgan fingerprint density at radius 2 is 2.07 bits per heavy atom. The summed E-state index contributed by atoms with van der Waals surface area (Å²) >= 11 is 1.50. The van der Waals surface area contributed by atoms with Crippen LogP contribution in [0.25, 0.3) is 0 Å². The van der Waals surface area contributed by atoms with Crippen molar-refractivity contribution >= 4 is 27.3 Å². The Labute approximate surface area is 181 Å². The number of para-hydroxylation sites is 1. The number of fused-ring (bicyclic) bond motifs is 1. The molecule has 2 aliphatic rings. The molecule has 4 rings (SSSR count). The number of aromatic nitrogens is 1. The average molecular weight is 450 g/mol. The number of hydrogen-bond donors (Lipinski definition) is 0. The standard InChI is InChI=1S/C21H27N3O4S2/c1-15(2)10-20(25)23-9-8-21(13-23)14-24(11-17-12-29-16(3)22-17)30(26,27)19-7-5-4-6-18(19)28-21/h4-7,12,15H,8-11,13-14H2,1-3H3. The van der Waals surface area contributed by atoms with Gasteiger partial charge in [-0.15, -0.1) is 11.3 Å². The maximum Gasteiger partial charge on any atom is 0.247 e. The molecule has 7 nitrogen and oxygen atoms in total. The van der Waals surface area contributed by atoms with Crippen molar-refractivity contribution in [1.29, 1.82) is 0 Å². The number of aryl methyl sites for hydroxylation is 1. The Hall–Kier alpha value is -1.97. The third kappa shape index (κ3) is 4.10. The molecule has 0 bridgehead atoms. The molecule has 30 heavy (non-hydrogen) atoms. The van der Waals surface area contributed by atoms with Crippen LogP contribution in [-0.4, -0.2) is 53.7 Å².